The molecule has 3 atom stereocenters. The van der Waals surface area contributed by atoms with E-state index >= 15 is 0 Å². The maximum atomic E-state index is 12.4. The molecular weight excluding hydrogens is 628 g/mol. The number of ether oxygens (including phenoxy) is 2. The number of carbonyl (C=O) groups is 2. The number of rotatable bonds is 17. The van der Waals surface area contributed by atoms with Gasteiger partial charge in [-0.1, -0.05) is 79.2 Å². The van der Waals surface area contributed by atoms with Gasteiger partial charge in [0.2, 0.25) is 11.8 Å². The van der Waals surface area contributed by atoms with Crippen LogP contribution >= 0.6 is 0 Å². The van der Waals surface area contributed by atoms with Crippen LogP contribution in [0.2, 0.25) is 0 Å². The van der Waals surface area contributed by atoms with Gasteiger partial charge in [0.1, 0.15) is 0 Å². The first-order valence-electron chi connectivity index (χ1n) is 17.7. The number of unbranched alkanes of at least 4 members (excludes halogenated alkanes) is 2. The lowest BCUT2D eigenvalue weighted by Gasteiger charge is -2.38. The summed E-state index contributed by atoms with van der Waals surface area (Å²) in [7, 11) is 2.12. The molecule has 0 saturated carbocycles. The molecule has 264 valence electrons. The first-order chi connectivity index (χ1) is 24.4. The molecule has 2 amide bonds. The van der Waals surface area contributed by atoms with Crippen LogP contribution in [0.25, 0.3) is 11.1 Å². The third-order valence-corrected chi connectivity index (χ3v) is 8.99. The van der Waals surface area contributed by atoms with Crippen LogP contribution in [0, 0.1) is 0 Å². The zero-order valence-electron chi connectivity index (χ0n) is 29.2. The first kappa shape index (κ1) is 36.9. The summed E-state index contributed by atoms with van der Waals surface area (Å²) < 4.78 is 13.2. The van der Waals surface area contributed by atoms with Crippen LogP contribution in [0.5, 0.6) is 0 Å². The first-order valence-corrected chi connectivity index (χ1v) is 17.7. The molecule has 3 N–H and O–H groups in total. The van der Waals surface area contributed by atoms with Crippen molar-refractivity contribution >= 4 is 11.8 Å². The number of carbonyl (C=O) groups excluding carboxylic acids is 2. The van der Waals surface area contributed by atoms with Crippen molar-refractivity contribution in [2.75, 3.05) is 26.7 Å². The van der Waals surface area contributed by atoms with Crippen molar-refractivity contribution in [3.8, 4) is 11.1 Å². The summed E-state index contributed by atoms with van der Waals surface area (Å²) in [5.74, 6) is 0.0113. The molecule has 1 saturated heterocycles. The lowest BCUT2D eigenvalue weighted by Crippen LogP contribution is -2.38. The van der Waals surface area contributed by atoms with Crippen LogP contribution in [0.15, 0.2) is 97.2 Å². The highest BCUT2D eigenvalue weighted by molar-refractivity contribution is 5.76. The van der Waals surface area contributed by atoms with Gasteiger partial charge in [0.05, 0.1) is 18.8 Å². The number of amides is 2. The Balaban J connectivity index is 1.19. The van der Waals surface area contributed by atoms with Crippen LogP contribution in [0.4, 0.5) is 0 Å². The standard InChI is InChI=1S/C41H50N4O5/c1-30(47)42-22-6-3-4-12-40(48)44-27-32-9-8-10-36(25-32)33-17-19-35(20-18-33)41-49-38(28-45(2)24-21-37-11-5-7-23-43-37)26-39(50-41)34-15-13-31(29-46)14-16-34/h5,7-11,13-20,23,25,38-39,41,46H,3-4,6,12,21-22,24,26-29H2,1-2H3,(H,42,47)(H,44,48). The summed E-state index contributed by atoms with van der Waals surface area (Å²) in [6, 6.07) is 30.5. The molecule has 0 radical (unpaired) electrons. The number of aliphatic hydroxyl groups is 1. The van der Waals surface area contributed by atoms with E-state index in [1.165, 1.54) is 6.92 Å². The van der Waals surface area contributed by atoms with Crippen LogP contribution in [0.3, 0.4) is 0 Å². The highest BCUT2D eigenvalue weighted by atomic mass is 16.7. The summed E-state index contributed by atoms with van der Waals surface area (Å²) in [5, 5.41) is 15.4. The Morgan fingerprint density at radius 1 is 0.860 bits per heavy atom. The number of aromatic nitrogens is 1. The van der Waals surface area contributed by atoms with Crippen molar-refractivity contribution in [1.29, 1.82) is 0 Å². The molecule has 3 unspecified atom stereocenters. The van der Waals surface area contributed by atoms with Gasteiger partial charge in [0.15, 0.2) is 6.29 Å². The molecule has 5 rings (SSSR count). The van der Waals surface area contributed by atoms with Crippen LogP contribution in [-0.4, -0.2) is 59.6 Å². The third kappa shape index (κ3) is 11.6. The monoisotopic (exact) mass is 678 g/mol. The Morgan fingerprint density at radius 3 is 2.40 bits per heavy atom. The van der Waals surface area contributed by atoms with E-state index in [1.807, 2.05) is 54.7 Å². The quantitative estimate of drug-likeness (QED) is 0.113. The topological polar surface area (TPSA) is 113 Å². The normalized spacial score (nSPS) is 17.4. The number of nitrogens with one attached hydrogen (secondary N) is 2. The highest BCUT2D eigenvalue weighted by Crippen LogP contribution is 2.38. The predicted molar refractivity (Wildman–Crippen MR) is 195 cm³/mol. The summed E-state index contributed by atoms with van der Waals surface area (Å²) in [6.45, 7) is 4.28. The van der Waals surface area contributed by atoms with E-state index in [-0.39, 0.29) is 30.6 Å². The average Bonchev–Trinajstić information content (AvgIpc) is 3.15. The fourth-order valence-corrected chi connectivity index (χ4v) is 6.16. The molecule has 3 aromatic carbocycles. The molecule has 9 nitrogen and oxygen atoms in total. The van der Waals surface area contributed by atoms with E-state index in [1.54, 1.807) is 0 Å². The Kier molecular flexibility index (Phi) is 14.1. The number of hydrogen-bond acceptors (Lipinski definition) is 7. The zero-order chi connectivity index (χ0) is 35.1. The summed E-state index contributed by atoms with van der Waals surface area (Å²) in [5.41, 5.74) is 7.14. The Hall–Kier alpha value is -4.41. The van der Waals surface area contributed by atoms with Gasteiger partial charge in [-0.3, -0.25) is 14.6 Å². The minimum absolute atomic E-state index is 0.00809. The van der Waals surface area contributed by atoms with E-state index in [0.717, 1.165) is 84.3 Å². The second-order valence-corrected chi connectivity index (χ2v) is 13.1. The average molecular weight is 679 g/mol. The van der Waals surface area contributed by atoms with Gasteiger partial charge in [-0.2, -0.15) is 0 Å². The molecular formula is C41H50N4O5. The molecule has 1 aliphatic heterocycles. The molecule has 0 aliphatic carbocycles. The number of benzene rings is 3. The lowest BCUT2D eigenvalue weighted by molar-refractivity contribution is -0.252. The number of hydrogen-bond donors (Lipinski definition) is 3. The zero-order valence-corrected chi connectivity index (χ0v) is 29.2. The van der Waals surface area contributed by atoms with Gasteiger partial charge in [0, 0.05) is 69.8 Å². The molecule has 1 fully saturated rings. The predicted octanol–water partition coefficient (Wildman–Crippen LogP) is 6.27. The summed E-state index contributed by atoms with van der Waals surface area (Å²) in [6.07, 6.45) is 5.76. The molecule has 1 aliphatic rings. The van der Waals surface area contributed by atoms with Gasteiger partial charge in [0.25, 0.3) is 0 Å². The fourth-order valence-electron chi connectivity index (χ4n) is 6.16. The minimum Gasteiger partial charge on any atom is -0.392 e. The van der Waals surface area contributed by atoms with E-state index in [9.17, 15) is 14.7 Å². The number of aliphatic hydroxyl groups excluding tert-OH is 1. The summed E-state index contributed by atoms with van der Waals surface area (Å²) >= 11 is 0. The Morgan fingerprint density at radius 2 is 1.66 bits per heavy atom. The fraction of sp³-hybridized carbons (Fsp3) is 0.390. The van der Waals surface area contributed by atoms with Crippen LogP contribution in [0.1, 0.15) is 79.4 Å². The van der Waals surface area contributed by atoms with Gasteiger partial charge in [-0.25, -0.2) is 0 Å². The Labute approximate surface area is 296 Å². The van der Waals surface area contributed by atoms with Crippen LogP contribution < -0.4 is 10.6 Å². The molecule has 4 aromatic rings. The van der Waals surface area contributed by atoms with Crippen molar-refractivity contribution < 1.29 is 24.2 Å². The van der Waals surface area contributed by atoms with Crippen molar-refractivity contribution in [1.82, 2.24) is 20.5 Å². The van der Waals surface area contributed by atoms with Crippen LogP contribution in [-0.2, 0) is 38.6 Å². The van der Waals surface area contributed by atoms with Crippen molar-refractivity contribution in [3.05, 3.63) is 125 Å². The maximum Gasteiger partial charge on any atom is 0.220 e. The SMILES string of the molecule is CC(=O)NCCCCCC(=O)NCc1cccc(-c2ccc(C3OC(CN(C)CCc4ccccn4)CC(c4ccc(CO)cc4)O3)cc2)c1. The molecule has 2 heterocycles. The molecule has 9 heteroatoms. The molecule has 0 spiro atoms. The highest BCUT2D eigenvalue weighted by Gasteiger charge is 2.32. The molecule has 50 heavy (non-hydrogen) atoms. The van der Waals surface area contributed by atoms with Gasteiger partial charge >= 0.3 is 0 Å². The van der Waals surface area contributed by atoms with E-state index in [4.69, 9.17) is 9.47 Å². The minimum atomic E-state index is -0.526. The number of pyridine rings is 1. The third-order valence-electron chi connectivity index (χ3n) is 8.99. The molecule has 1 aromatic heterocycles. The van der Waals surface area contributed by atoms with Gasteiger partial charge < -0.3 is 30.1 Å². The lowest BCUT2D eigenvalue weighted by atomic mass is 9.99. The summed E-state index contributed by atoms with van der Waals surface area (Å²) in [4.78, 5) is 30.1. The van der Waals surface area contributed by atoms with Crippen molar-refractivity contribution in [3.63, 3.8) is 0 Å². The number of nitrogens with zero attached hydrogens (tertiary/aromatic N) is 2. The second kappa shape index (κ2) is 19.1. The van der Waals surface area contributed by atoms with Crippen molar-refractivity contribution in [2.24, 2.45) is 0 Å². The van der Waals surface area contributed by atoms with Crippen molar-refractivity contribution in [2.45, 2.75) is 77.1 Å². The molecule has 0 bridgehead atoms. The van der Waals surface area contributed by atoms with E-state index in [0.29, 0.717) is 19.5 Å². The van der Waals surface area contributed by atoms with Gasteiger partial charge in [-0.15, -0.1) is 0 Å². The second-order valence-electron chi connectivity index (χ2n) is 13.1. The number of likely N-dealkylation sites (N-methyl/N-ethyl adjacent to an activating group) is 1. The van der Waals surface area contributed by atoms with Gasteiger partial charge in [-0.05, 0) is 65.9 Å². The smallest absolute Gasteiger partial charge is 0.220 e. The Bertz CT molecular complexity index is 1630. The van der Waals surface area contributed by atoms with E-state index < -0.39 is 6.29 Å². The maximum absolute atomic E-state index is 12.4. The van der Waals surface area contributed by atoms with E-state index in [2.05, 4.69) is 70.0 Å². The largest absolute Gasteiger partial charge is 0.392 e.